The van der Waals surface area contributed by atoms with Crippen molar-refractivity contribution in [2.45, 2.75) is 6.04 Å². The zero-order valence-corrected chi connectivity index (χ0v) is 9.71. The minimum atomic E-state index is -0.255. The second-order valence-electron chi connectivity index (χ2n) is 4.05. The van der Waals surface area contributed by atoms with Crippen LogP contribution in [0.1, 0.15) is 17.4 Å². The topological polar surface area (TPSA) is 67.8 Å². The molecule has 0 fully saturated rings. The average Bonchev–Trinajstić information content (AvgIpc) is 3.09. The molecule has 0 amide bonds. The fourth-order valence-corrected chi connectivity index (χ4v) is 1.87. The van der Waals surface area contributed by atoms with Crippen LogP contribution in [0.15, 0.2) is 59.3 Å². The number of hydrogen-bond acceptors (Lipinski definition) is 3. The average molecular weight is 239 g/mol. The first-order valence-electron chi connectivity index (χ1n) is 5.74. The minimum Gasteiger partial charge on any atom is -0.463 e. The van der Waals surface area contributed by atoms with Crippen LogP contribution in [0.3, 0.4) is 0 Å². The molecule has 0 saturated carbocycles. The number of nitrogens with zero attached hydrogens (tertiary/aromatic N) is 1. The van der Waals surface area contributed by atoms with E-state index in [2.05, 4.69) is 9.97 Å². The summed E-state index contributed by atoms with van der Waals surface area (Å²) in [7, 11) is 0. The predicted molar refractivity (Wildman–Crippen MR) is 68.8 cm³/mol. The molecule has 90 valence electrons. The second kappa shape index (κ2) is 4.50. The molecule has 0 aliphatic rings. The van der Waals surface area contributed by atoms with Gasteiger partial charge in [0.25, 0.3) is 0 Å². The molecule has 1 atom stereocenters. The Labute approximate surface area is 104 Å². The molecule has 18 heavy (non-hydrogen) atoms. The molecule has 3 rings (SSSR count). The summed E-state index contributed by atoms with van der Waals surface area (Å²) in [6.07, 6.45) is 3.37. The van der Waals surface area contributed by atoms with Crippen LogP contribution in [0.25, 0.3) is 11.5 Å². The summed E-state index contributed by atoms with van der Waals surface area (Å²) in [5.41, 5.74) is 8.02. The van der Waals surface area contributed by atoms with Crippen molar-refractivity contribution >= 4 is 0 Å². The maximum absolute atomic E-state index is 6.16. The molecular formula is C14H13N3O. The Balaban J connectivity index is 1.90. The molecule has 0 aliphatic carbocycles. The smallest absolute Gasteiger partial charge is 0.151 e. The van der Waals surface area contributed by atoms with E-state index < -0.39 is 0 Å². The molecule has 0 spiro atoms. The van der Waals surface area contributed by atoms with Crippen LogP contribution >= 0.6 is 0 Å². The summed E-state index contributed by atoms with van der Waals surface area (Å²) in [6, 6.07) is 13.3. The number of imidazole rings is 1. The van der Waals surface area contributed by atoms with Crippen molar-refractivity contribution in [2.75, 3.05) is 0 Å². The van der Waals surface area contributed by atoms with Crippen molar-refractivity contribution in [3.05, 3.63) is 66.3 Å². The molecule has 3 aromatic rings. The summed E-state index contributed by atoms with van der Waals surface area (Å²) in [4.78, 5) is 7.49. The van der Waals surface area contributed by atoms with E-state index in [1.807, 2.05) is 42.5 Å². The Bertz CT molecular complexity index is 614. The summed E-state index contributed by atoms with van der Waals surface area (Å²) in [5, 5.41) is 0. The van der Waals surface area contributed by atoms with Gasteiger partial charge in [0.15, 0.2) is 5.76 Å². The van der Waals surface area contributed by atoms with E-state index in [0.29, 0.717) is 0 Å². The number of hydrogen-bond donors (Lipinski definition) is 2. The van der Waals surface area contributed by atoms with Crippen molar-refractivity contribution in [1.29, 1.82) is 0 Å². The van der Waals surface area contributed by atoms with Crippen LogP contribution in [0.2, 0.25) is 0 Å². The van der Waals surface area contributed by atoms with Gasteiger partial charge in [-0.15, -0.1) is 0 Å². The van der Waals surface area contributed by atoms with Crippen molar-refractivity contribution < 1.29 is 4.42 Å². The van der Waals surface area contributed by atoms with E-state index in [0.717, 1.165) is 22.8 Å². The number of H-pyrrole nitrogens is 1. The van der Waals surface area contributed by atoms with Crippen LogP contribution in [0.5, 0.6) is 0 Å². The Morgan fingerprint density at radius 2 is 1.94 bits per heavy atom. The first-order chi connectivity index (χ1) is 8.84. The normalized spacial score (nSPS) is 12.5. The van der Waals surface area contributed by atoms with Gasteiger partial charge in [0.1, 0.15) is 11.5 Å². The number of nitrogens with two attached hydrogens (primary N) is 1. The lowest BCUT2D eigenvalue weighted by molar-refractivity contribution is 0.580. The van der Waals surface area contributed by atoms with Crippen LogP contribution in [0, 0.1) is 0 Å². The van der Waals surface area contributed by atoms with E-state index in [9.17, 15) is 0 Å². The maximum atomic E-state index is 6.16. The Morgan fingerprint density at radius 1 is 1.11 bits per heavy atom. The first kappa shape index (κ1) is 10.8. The predicted octanol–water partition coefficient (Wildman–Crippen LogP) is 2.72. The van der Waals surface area contributed by atoms with E-state index in [-0.39, 0.29) is 6.04 Å². The van der Waals surface area contributed by atoms with Gasteiger partial charge >= 0.3 is 0 Å². The number of aromatic amines is 1. The molecule has 2 aromatic heterocycles. The standard InChI is InChI=1S/C14H13N3O/c15-13(10-5-2-1-3-6-10)14-16-9-11(17-14)12-7-4-8-18-12/h1-9,13H,15H2,(H,16,17). The Kier molecular flexibility index (Phi) is 2.70. The molecule has 4 nitrogen and oxygen atoms in total. The highest BCUT2D eigenvalue weighted by atomic mass is 16.3. The van der Waals surface area contributed by atoms with Crippen molar-refractivity contribution in [2.24, 2.45) is 5.73 Å². The molecule has 4 heteroatoms. The van der Waals surface area contributed by atoms with Gasteiger partial charge in [-0.25, -0.2) is 4.98 Å². The molecule has 1 unspecified atom stereocenters. The summed E-state index contributed by atoms with van der Waals surface area (Å²) in [6.45, 7) is 0. The van der Waals surface area contributed by atoms with Gasteiger partial charge in [-0.1, -0.05) is 30.3 Å². The fraction of sp³-hybridized carbons (Fsp3) is 0.0714. The third kappa shape index (κ3) is 1.94. The Hall–Kier alpha value is -2.33. The van der Waals surface area contributed by atoms with Gasteiger partial charge in [0, 0.05) is 0 Å². The van der Waals surface area contributed by atoms with Gasteiger partial charge < -0.3 is 15.1 Å². The van der Waals surface area contributed by atoms with Crippen LogP contribution in [-0.2, 0) is 0 Å². The molecule has 0 aliphatic heterocycles. The third-order valence-corrected chi connectivity index (χ3v) is 2.84. The van der Waals surface area contributed by atoms with Crippen LogP contribution in [-0.4, -0.2) is 9.97 Å². The highest BCUT2D eigenvalue weighted by Crippen LogP contribution is 2.21. The molecule has 3 N–H and O–H groups in total. The number of benzene rings is 1. The van der Waals surface area contributed by atoms with Crippen LogP contribution < -0.4 is 5.73 Å². The highest BCUT2D eigenvalue weighted by molar-refractivity contribution is 5.51. The molecule has 1 aromatic carbocycles. The summed E-state index contributed by atoms with van der Waals surface area (Å²) < 4.78 is 5.31. The molecule has 0 radical (unpaired) electrons. The largest absolute Gasteiger partial charge is 0.463 e. The van der Waals surface area contributed by atoms with Gasteiger partial charge in [-0.3, -0.25) is 0 Å². The lowest BCUT2D eigenvalue weighted by atomic mass is 10.1. The fourth-order valence-electron chi connectivity index (χ4n) is 1.87. The minimum absolute atomic E-state index is 0.255. The maximum Gasteiger partial charge on any atom is 0.151 e. The van der Waals surface area contributed by atoms with Gasteiger partial charge in [0.2, 0.25) is 0 Å². The Morgan fingerprint density at radius 3 is 2.67 bits per heavy atom. The van der Waals surface area contributed by atoms with Crippen molar-refractivity contribution in [3.63, 3.8) is 0 Å². The molecular weight excluding hydrogens is 226 g/mol. The number of furan rings is 1. The zero-order chi connectivity index (χ0) is 12.4. The van der Waals surface area contributed by atoms with E-state index in [1.165, 1.54) is 0 Å². The summed E-state index contributed by atoms with van der Waals surface area (Å²) >= 11 is 0. The van der Waals surface area contributed by atoms with Crippen LogP contribution in [0.4, 0.5) is 0 Å². The molecule has 0 saturated heterocycles. The highest BCUT2D eigenvalue weighted by Gasteiger charge is 2.13. The monoisotopic (exact) mass is 239 g/mol. The lowest BCUT2D eigenvalue weighted by Crippen LogP contribution is -2.13. The number of nitrogens with one attached hydrogen (secondary N) is 1. The third-order valence-electron chi connectivity index (χ3n) is 2.84. The van der Waals surface area contributed by atoms with E-state index in [4.69, 9.17) is 10.2 Å². The summed E-state index contributed by atoms with van der Waals surface area (Å²) in [5.74, 6) is 1.49. The van der Waals surface area contributed by atoms with E-state index in [1.54, 1.807) is 12.5 Å². The molecule has 2 heterocycles. The lowest BCUT2D eigenvalue weighted by Gasteiger charge is -2.08. The van der Waals surface area contributed by atoms with Gasteiger partial charge in [-0.2, -0.15) is 0 Å². The van der Waals surface area contributed by atoms with Crippen molar-refractivity contribution in [3.8, 4) is 11.5 Å². The quantitative estimate of drug-likeness (QED) is 0.738. The van der Waals surface area contributed by atoms with Crippen molar-refractivity contribution in [1.82, 2.24) is 9.97 Å². The zero-order valence-electron chi connectivity index (χ0n) is 9.71. The first-order valence-corrected chi connectivity index (χ1v) is 5.74. The second-order valence-corrected chi connectivity index (χ2v) is 4.05. The number of rotatable bonds is 3. The number of aromatic nitrogens is 2. The van der Waals surface area contributed by atoms with Gasteiger partial charge in [-0.05, 0) is 17.7 Å². The SMILES string of the molecule is NC(c1ccccc1)c1ncc(-c2ccco2)[nH]1. The van der Waals surface area contributed by atoms with Gasteiger partial charge in [0.05, 0.1) is 18.5 Å². The molecule has 0 bridgehead atoms. The van der Waals surface area contributed by atoms with E-state index >= 15 is 0 Å².